The smallest absolute Gasteiger partial charge is 0.236 e. The number of likely N-dealkylation sites (N-methyl/N-ethyl adjacent to an activating group) is 4. The third kappa shape index (κ3) is 5.01. The summed E-state index contributed by atoms with van der Waals surface area (Å²) in [7, 11) is 7.07. The molecular formula is C12H26N4O2. The Bertz CT molecular complexity index is 255. The zero-order chi connectivity index (χ0) is 14.3. The van der Waals surface area contributed by atoms with Crippen LogP contribution in [0.3, 0.4) is 0 Å². The van der Waals surface area contributed by atoms with E-state index in [-0.39, 0.29) is 23.9 Å². The molecular weight excluding hydrogens is 232 g/mol. The zero-order valence-corrected chi connectivity index (χ0v) is 12.3. The minimum atomic E-state index is -0.168. The van der Waals surface area contributed by atoms with E-state index in [2.05, 4.69) is 10.6 Å². The van der Waals surface area contributed by atoms with E-state index < -0.39 is 0 Å². The fourth-order valence-corrected chi connectivity index (χ4v) is 1.52. The first kappa shape index (κ1) is 16.9. The summed E-state index contributed by atoms with van der Waals surface area (Å²) in [5.41, 5.74) is 0. The molecule has 2 amide bonds. The second-order valence-electron chi connectivity index (χ2n) is 4.54. The van der Waals surface area contributed by atoms with Crippen molar-refractivity contribution >= 4 is 11.8 Å². The molecule has 0 rings (SSSR count). The van der Waals surface area contributed by atoms with Crippen LogP contribution in [0.4, 0.5) is 0 Å². The Hall–Kier alpha value is -1.14. The van der Waals surface area contributed by atoms with Gasteiger partial charge in [0.15, 0.2) is 0 Å². The van der Waals surface area contributed by atoms with Crippen LogP contribution < -0.4 is 10.6 Å². The molecule has 106 valence electrons. The van der Waals surface area contributed by atoms with Gasteiger partial charge in [0.2, 0.25) is 11.8 Å². The van der Waals surface area contributed by atoms with Crippen molar-refractivity contribution in [2.75, 3.05) is 41.3 Å². The van der Waals surface area contributed by atoms with E-state index in [1.807, 2.05) is 37.7 Å². The molecule has 0 aliphatic rings. The van der Waals surface area contributed by atoms with Crippen LogP contribution in [-0.4, -0.2) is 75.0 Å². The molecule has 6 nitrogen and oxygen atoms in total. The maximum absolute atomic E-state index is 11.5. The molecule has 2 atom stereocenters. The minimum absolute atomic E-state index is 0.000460. The second-order valence-corrected chi connectivity index (χ2v) is 4.54. The first-order valence-electron chi connectivity index (χ1n) is 6.18. The zero-order valence-electron chi connectivity index (χ0n) is 12.3. The Labute approximate surface area is 110 Å². The largest absolute Gasteiger partial charge is 0.358 e. The average molecular weight is 258 g/mol. The molecule has 0 fully saturated rings. The van der Waals surface area contributed by atoms with E-state index in [4.69, 9.17) is 0 Å². The number of hydrogen-bond acceptors (Lipinski definition) is 4. The molecule has 0 heterocycles. The molecule has 0 aromatic heterocycles. The van der Waals surface area contributed by atoms with Crippen LogP contribution in [0.15, 0.2) is 0 Å². The molecule has 0 spiro atoms. The number of amides is 2. The van der Waals surface area contributed by atoms with E-state index in [0.29, 0.717) is 0 Å². The Morgan fingerprint density at radius 2 is 1.17 bits per heavy atom. The lowest BCUT2D eigenvalue weighted by atomic mass is 10.2. The predicted octanol–water partition coefficient (Wildman–Crippen LogP) is -0.881. The third-order valence-electron chi connectivity index (χ3n) is 3.38. The molecule has 18 heavy (non-hydrogen) atoms. The predicted molar refractivity (Wildman–Crippen MR) is 72.3 cm³/mol. The first-order valence-corrected chi connectivity index (χ1v) is 6.18. The Kier molecular flexibility index (Phi) is 7.54. The van der Waals surface area contributed by atoms with Crippen molar-refractivity contribution in [1.82, 2.24) is 20.4 Å². The van der Waals surface area contributed by atoms with Crippen LogP contribution >= 0.6 is 0 Å². The number of nitrogens with one attached hydrogen (secondary N) is 2. The van der Waals surface area contributed by atoms with Gasteiger partial charge in [-0.25, -0.2) is 0 Å². The van der Waals surface area contributed by atoms with E-state index in [9.17, 15) is 9.59 Å². The van der Waals surface area contributed by atoms with Crippen LogP contribution in [0.25, 0.3) is 0 Å². The highest BCUT2D eigenvalue weighted by Gasteiger charge is 2.19. The van der Waals surface area contributed by atoms with Gasteiger partial charge < -0.3 is 10.6 Å². The van der Waals surface area contributed by atoms with Crippen LogP contribution in [0, 0.1) is 0 Å². The summed E-state index contributed by atoms with van der Waals surface area (Å²) < 4.78 is 0. The van der Waals surface area contributed by atoms with Crippen LogP contribution in [0.2, 0.25) is 0 Å². The molecule has 6 heteroatoms. The standard InChI is InChI=1S/C12H26N4O2/c1-9(11(17)13-3)15(5)7-8-16(6)10(2)12(18)14-4/h9-10H,7-8H2,1-6H3,(H,13,17)(H,14,18). The SMILES string of the molecule is CNC(=O)C(C)N(C)CCN(C)C(C)C(=O)NC. The van der Waals surface area contributed by atoms with Gasteiger partial charge in [-0.05, 0) is 27.9 Å². The van der Waals surface area contributed by atoms with Gasteiger partial charge in [0.25, 0.3) is 0 Å². The van der Waals surface area contributed by atoms with Crippen molar-refractivity contribution in [3.8, 4) is 0 Å². The normalized spacial score (nSPS) is 14.4. The average Bonchev–Trinajstić information content (AvgIpc) is 2.40. The lowest BCUT2D eigenvalue weighted by Gasteiger charge is -2.28. The summed E-state index contributed by atoms with van der Waals surface area (Å²) in [6.07, 6.45) is 0. The topological polar surface area (TPSA) is 64.7 Å². The molecule has 0 saturated carbocycles. The van der Waals surface area contributed by atoms with Gasteiger partial charge in [0, 0.05) is 27.2 Å². The van der Waals surface area contributed by atoms with Gasteiger partial charge in [-0.2, -0.15) is 0 Å². The molecule has 0 bridgehead atoms. The quantitative estimate of drug-likeness (QED) is 0.622. The summed E-state index contributed by atoms with van der Waals surface area (Å²) >= 11 is 0. The van der Waals surface area contributed by atoms with Crippen molar-refractivity contribution in [1.29, 1.82) is 0 Å². The second kappa shape index (κ2) is 8.05. The summed E-state index contributed by atoms with van der Waals surface area (Å²) in [5, 5.41) is 5.25. The van der Waals surface area contributed by atoms with Crippen molar-refractivity contribution in [3.63, 3.8) is 0 Å². The Balaban J connectivity index is 4.16. The van der Waals surface area contributed by atoms with E-state index in [1.54, 1.807) is 14.1 Å². The fraction of sp³-hybridized carbons (Fsp3) is 0.833. The van der Waals surface area contributed by atoms with Crippen LogP contribution in [0.5, 0.6) is 0 Å². The Morgan fingerprint density at radius 3 is 1.39 bits per heavy atom. The molecule has 0 aromatic rings. The molecule has 0 aromatic carbocycles. The van der Waals surface area contributed by atoms with Crippen molar-refractivity contribution in [2.24, 2.45) is 0 Å². The summed E-state index contributed by atoms with van der Waals surface area (Å²) in [6.45, 7) is 5.18. The van der Waals surface area contributed by atoms with Gasteiger partial charge in [-0.1, -0.05) is 0 Å². The van der Waals surface area contributed by atoms with Gasteiger partial charge in [-0.15, -0.1) is 0 Å². The van der Waals surface area contributed by atoms with Gasteiger partial charge in [0.1, 0.15) is 0 Å². The highest BCUT2D eigenvalue weighted by molar-refractivity contribution is 5.81. The lowest BCUT2D eigenvalue weighted by molar-refractivity contribution is -0.126. The van der Waals surface area contributed by atoms with Crippen molar-refractivity contribution in [3.05, 3.63) is 0 Å². The monoisotopic (exact) mass is 258 g/mol. The maximum Gasteiger partial charge on any atom is 0.236 e. The summed E-state index contributed by atoms with van der Waals surface area (Å²) in [5.74, 6) is -0.000921. The number of rotatable bonds is 7. The van der Waals surface area contributed by atoms with E-state index in [0.717, 1.165) is 13.1 Å². The van der Waals surface area contributed by atoms with E-state index in [1.165, 1.54) is 0 Å². The molecule has 0 aliphatic carbocycles. The van der Waals surface area contributed by atoms with Gasteiger partial charge in [0.05, 0.1) is 12.1 Å². The number of carbonyl (C=O) groups excluding carboxylic acids is 2. The highest BCUT2D eigenvalue weighted by atomic mass is 16.2. The molecule has 2 N–H and O–H groups in total. The molecule has 0 saturated heterocycles. The number of carbonyl (C=O) groups is 2. The Morgan fingerprint density at radius 1 is 0.889 bits per heavy atom. The number of nitrogens with zero attached hydrogens (tertiary/aromatic N) is 2. The van der Waals surface area contributed by atoms with Crippen molar-refractivity contribution < 1.29 is 9.59 Å². The lowest BCUT2D eigenvalue weighted by Crippen LogP contribution is -2.47. The summed E-state index contributed by atoms with van der Waals surface area (Å²) in [4.78, 5) is 26.8. The first-order chi connectivity index (χ1) is 8.34. The highest BCUT2D eigenvalue weighted by Crippen LogP contribution is 1.99. The van der Waals surface area contributed by atoms with Gasteiger partial charge >= 0.3 is 0 Å². The molecule has 0 radical (unpaired) electrons. The van der Waals surface area contributed by atoms with Crippen LogP contribution in [-0.2, 0) is 9.59 Å². The molecule has 0 aliphatic heterocycles. The van der Waals surface area contributed by atoms with Gasteiger partial charge in [-0.3, -0.25) is 19.4 Å². The maximum atomic E-state index is 11.5. The van der Waals surface area contributed by atoms with E-state index >= 15 is 0 Å². The van der Waals surface area contributed by atoms with Crippen LogP contribution in [0.1, 0.15) is 13.8 Å². The molecule has 2 unspecified atom stereocenters. The fourth-order valence-electron chi connectivity index (χ4n) is 1.52. The van der Waals surface area contributed by atoms with Crippen molar-refractivity contribution in [2.45, 2.75) is 25.9 Å². The third-order valence-corrected chi connectivity index (χ3v) is 3.38. The number of hydrogen-bond donors (Lipinski definition) is 2. The summed E-state index contributed by atoms with van der Waals surface area (Å²) in [6, 6.07) is -0.336. The minimum Gasteiger partial charge on any atom is -0.358 e.